The minimum absolute atomic E-state index is 0.159. The van der Waals surface area contributed by atoms with E-state index in [-0.39, 0.29) is 17.9 Å². The molecule has 2 amide bonds. The predicted molar refractivity (Wildman–Crippen MR) is 138 cm³/mol. The molecule has 9 nitrogen and oxygen atoms in total. The topological polar surface area (TPSA) is 129 Å². The molecule has 1 aromatic heterocycles. The van der Waals surface area contributed by atoms with Crippen LogP contribution in [-0.4, -0.2) is 57.6 Å². The number of nitrogens with one attached hydrogen (secondary N) is 2. The lowest BCUT2D eigenvalue weighted by Crippen LogP contribution is -2.30. The van der Waals surface area contributed by atoms with Gasteiger partial charge >= 0.3 is 0 Å². The highest BCUT2D eigenvalue weighted by Crippen LogP contribution is 2.34. The number of ether oxygens (including phenoxy) is 1. The molecule has 0 aliphatic carbocycles. The Balaban J connectivity index is 1.60. The maximum atomic E-state index is 12.8. The van der Waals surface area contributed by atoms with Gasteiger partial charge in [-0.2, -0.15) is 5.26 Å². The van der Waals surface area contributed by atoms with E-state index in [4.69, 9.17) is 10.00 Å². The number of hydrogen-bond acceptors (Lipinski definition) is 7. The van der Waals surface area contributed by atoms with Gasteiger partial charge in [-0.3, -0.25) is 14.3 Å². The first-order valence-electron chi connectivity index (χ1n) is 11.1. The number of anilines is 1. The molecular formula is C25H24N4O5S2. The summed E-state index contributed by atoms with van der Waals surface area (Å²) in [5.41, 5.74) is 2.03. The lowest BCUT2D eigenvalue weighted by molar-refractivity contribution is 0.0775. The largest absolute Gasteiger partial charge is 0.488 e. The molecule has 0 bridgehead atoms. The molecule has 0 radical (unpaired) electrons. The van der Waals surface area contributed by atoms with Crippen molar-refractivity contribution in [3.05, 3.63) is 69.9 Å². The van der Waals surface area contributed by atoms with Crippen molar-refractivity contribution in [1.82, 2.24) is 10.2 Å². The van der Waals surface area contributed by atoms with Crippen LogP contribution in [0.25, 0.3) is 11.1 Å². The third-order valence-electron chi connectivity index (χ3n) is 5.64. The number of thiophene rings is 1. The van der Waals surface area contributed by atoms with Gasteiger partial charge in [-0.05, 0) is 35.9 Å². The van der Waals surface area contributed by atoms with Crippen LogP contribution >= 0.6 is 11.3 Å². The number of para-hydroxylation sites is 1. The van der Waals surface area contributed by atoms with E-state index in [1.807, 2.05) is 6.07 Å². The van der Waals surface area contributed by atoms with Crippen molar-refractivity contribution in [2.45, 2.75) is 12.5 Å². The summed E-state index contributed by atoms with van der Waals surface area (Å²) in [6.07, 6.45) is 1.32. The molecule has 1 saturated heterocycles. The number of carbonyl (C=O) groups excluding carboxylic acids is 2. The molecule has 186 valence electrons. The van der Waals surface area contributed by atoms with Crippen molar-refractivity contribution in [3.8, 4) is 22.9 Å². The molecule has 1 aliphatic heterocycles. The van der Waals surface area contributed by atoms with Crippen LogP contribution in [0.4, 0.5) is 5.69 Å². The molecule has 0 unspecified atom stereocenters. The van der Waals surface area contributed by atoms with E-state index in [2.05, 4.69) is 10.0 Å². The molecule has 3 aromatic rings. The van der Waals surface area contributed by atoms with Gasteiger partial charge in [0.25, 0.3) is 11.8 Å². The van der Waals surface area contributed by atoms with Gasteiger partial charge in [0.05, 0.1) is 28.9 Å². The highest BCUT2D eigenvalue weighted by molar-refractivity contribution is 7.92. The van der Waals surface area contributed by atoms with Gasteiger partial charge in [-0.25, -0.2) is 8.42 Å². The van der Waals surface area contributed by atoms with Crippen molar-refractivity contribution in [2.24, 2.45) is 0 Å². The number of benzene rings is 2. The number of likely N-dealkylation sites (tertiary alicyclic amines) is 1. The summed E-state index contributed by atoms with van der Waals surface area (Å²) in [5, 5.41) is 11.6. The Morgan fingerprint density at radius 1 is 1.17 bits per heavy atom. The van der Waals surface area contributed by atoms with Crippen LogP contribution in [0.3, 0.4) is 0 Å². The summed E-state index contributed by atoms with van der Waals surface area (Å²) in [5.74, 6) is -0.149. The number of amides is 2. The van der Waals surface area contributed by atoms with Crippen LogP contribution in [0, 0.1) is 11.3 Å². The van der Waals surface area contributed by atoms with Gasteiger partial charge in [0.1, 0.15) is 22.8 Å². The lowest BCUT2D eigenvalue weighted by atomic mass is 10.0. The molecule has 2 aromatic carbocycles. The van der Waals surface area contributed by atoms with Gasteiger partial charge in [0.15, 0.2) is 0 Å². The van der Waals surface area contributed by atoms with Crippen LogP contribution in [-0.2, 0) is 10.0 Å². The van der Waals surface area contributed by atoms with Crippen molar-refractivity contribution >= 4 is 38.9 Å². The minimum Gasteiger partial charge on any atom is -0.488 e. The molecule has 1 aliphatic rings. The molecule has 2 heterocycles. The van der Waals surface area contributed by atoms with Crippen LogP contribution in [0.15, 0.2) is 54.6 Å². The summed E-state index contributed by atoms with van der Waals surface area (Å²) in [7, 11) is -1.97. The van der Waals surface area contributed by atoms with Gasteiger partial charge in [-0.15, -0.1) is 11.3 Å². The fourth-order valence-electron chi connectivity index (χ4n) is 3.99. The minimum atomic E-state index is -3.50. The monoisotopic (exact) mass is 524 g/mol. The zero-order valence-electron chi connectivity index (χ0n) is 19.6. The fourth-order valence-corrected chi connectivity index (χ4v) is 5.34. The Kier molecular flexibility index (Phi) is 7.28. The fraction of sp³-hybridized carbons (Fsp3) is 0.240. The maximum absolute atomic E-state index is 12.8. The number of sulfonamides is 1. The Morgan fingerprint density at radius 2 is 1.94 bits per heavy atom. The summed E-state index contributed by atoms with van der Waals surface area (Å²) in [6, 6.07) is 17.3. The highest BCUT2D eigenvalue weighted by atomic mass is 32.2. The van der Waals surface area contributed by atoms with E-state index in [9.17, 15) is 18.0 Å². The van der Waals surface area contributed by atoms with Crippen molar-refractivity contribution < 1.29 is 22.7 Å². The van der Waals surface area contributed by atoms with Crippen LogP contribution in [0.5, 0.6) is 5.75 Å². The van der Waals surface area contributed by atoms with Crippen LogP contribution in [0.1, 0.15) is 31.3 Å². The SMILES string of the molecule is CNC(=O)c1ccc(-c2ccccc2NS(C)(=O)=O)cc1O[C@@H]1CCN(C(=O)c2ccc(C#N)s2)C1. The molecule has 36 heavy (non-hydrogen) atoms. The summed E-state index contributed by atoms with van der Waals surface area (Å²) in [4.78, 5) is 28.0. The highest BCUT2D eigenvalue weighted by Gasteiger charge is 2.30. The van der Waals surface area contributed by atoms with Crippen molar-refractivity contribution in [1.29, 1.82) is 5.26 Å². The third kappa shape index (κ3) is 5.67. The molecule has 11 heteroatoms. The second-order valence-electron chi connectivity index (χ2n) is 8.27. The number of nitrogens with zero attached hydrogens (tertiary/aromatic N) is 2. The van der Waals surface area contributed by atoms with E-state index < -0.39 is 10.0 Å². The first-order valence-corrected chi connectivity index (χ1v) is 13.8. The summed E-state index contributed by atoms with van der Waals surface area (Å²) < 4.78 is 32.4. The van der Waals surface area contributed by atoms with Crippen molar-refractivity contribution in [2.75, 3.05) is 31.1 Å². The molecular weight excluding hydrogens is 500 g/mol. The van der Waals surface area contributed by atoms with E-state index in [0.717, 1.165) is 17.6 Å². The van der Waals surface area contributed by atoms with Gasteiger partial charge in [0, 0.05) is 25.6 Å². The summed E-state index contributed by atoms with van der Waals surface area (Å²) in [6.45, 7) is 0.821. The molecule has 0 spiro atoms. The Morgan fingerprint density at radius 3 is 2.64 bits per heavy atom. The second kappa shape index (κ2) is 10.4. The van der Waals surface area contributed by atoms with Gasteiger partial charge < -0.3 is 15.0 Å². The Hall–Kier alpha value is -3.88. The van der Waals surface area contributed by atoms with E-state index in [0.29, 0.717) is 57.4 Å². The normalized spacial score (nSPS) is 15.2. The quantitative estimate of drug-likeness (QED) is 0.488. The average molecular weight is 525 g/mol. The molecule has 0 saturated carbocycles. The lowest BCUT2D eigenvalue weighted by Gasteiger charge is -2.19. The number of hydrogen-bond donors (Lipinski definition) is 2. The predicted octanol–water partition coefficient (Wildman–Crippen LogP) is 3.31. The number of nitriles is 1. The number of carbonyl (C=O) groups is 2. The van der Waals surface area contributed by atoms with E-state index in [1.165, 1.54) is 7.05 Å². The van der Waals surface area contributed by atoms with Crippen LogP contribution in [0.2, 0.25) is 0 Å². The molecule has 1 atom stereocenters. The standard InChI is InChI=1S/C25H24N4O5S2/c1-27-24(30)20-9-7-16(19-5-3-4-6-21(19)28-36(2,32)33)13-22(20)34-17-11-12-29(15-17)25(31)23-10-8-18(14-26)35-23/h3-10,13,17,28H,11-12,15H2,1-2H3,(H,27,30)/t17-/m1/s1. The average Bonchev–Trinajstić information content (AvgIpc) is 3.52. The van der Waals surface area contributed by atoms with E-state index in [1.54, 1.807) is 59.5 Å². The molecule has 2 N–H and O–H groups in total. The molecule has 1 fully saturated rings. The zero-order chi connectivity index (χ0) is 25.9. The third-order valence-corrected chi connectivity index (χ3v) is 7.21. The smallest absolute Gasteiger partial charge is 0.264 e. The zero-order valence-corrected chi connectivity index (χ0v) is 21.3. The Bertz CT molecular complexity index is 1460. The maximum Gasteiger partial charge on any atom is 0.264 e. The number of rotatable bonds is 7. The first-order chi connectivity index (χ1) is 17.2. The second-order valence-corrected chi connectivity index (χ2v) is 11.1. The summed E-state index contributed by atoms with van der Waals surface area (Å²) >= 11 is 1.15. The Labute approximate surface area is 213 Å². The van der Waals surface area contributed by atoms with Crippen molar-refractivity contribution in [3.63, 3.8) is 0 Å². The van der Waals surface area contributed by atoms with Crippen LogP contribution < -0.4 is 14.8 Å². The van der Waals surface area contributed by atoms with Gasteiger partial charge in [-0.1, -0.05) is 24.3 Å². The first kappa shape index (κ1) is 25.2. The van der Waals surface area contributed by atoms with Gasteiger partial charge in [0.2, 0.25) is 10.0 Å². The van der Waals surface area contributed by atoms with E-state index >= 15 is 0 Å². The molecule has 4 rings (SSSR count).